The second-order valence-corrected chi connectivity index (χ2v) is 6.39. The van der Waals surface area contributed by atoms with E-state index in [4.69, 9.17) is 0 Å². The van der Waals surface area contributed by atoms with Crippen LogP contribution in [0, 0.1) is 0 Å². The van der Waals surface area contributed by atoms with Crippen molar-refractivity contribution < 1.29 is 18.0 Å². The summed E-state index contributed by atoms with van der Waals surface area (Å²) < 4.78 is 39.8. The van der Waals surface area contributed by atoms with E-state index in [0.717, 1.165) is 18.5 Å². The minimum atomic E-state index is -4.55. The molecular weight excluding hydrogens is 379 g/mol. The van der Waals surface area contributed by atoms with E-state index in [1.165, 1.54) is 11.3 Å². The fourth-order valence-electron chi connectivity index (χ4n) is 2.62. The monoisotopic (exact) mass is 389 g/mol. The first kappa shape index (κ1) is 17.2. The lowest BCUT2D eigenvalue weighted by atomic mass is 10.1. The second kappa shape index (κ2) is 6.47. The number of fused-ring (bicyclic) bond motifs is 1. The summed E-state index contributed by atoms with van der Waals surface area (Å²) in [7, 11) is 0. The van der Waals surface area contributed by atoms with Gasteiger partial charge in [0.25, 0.3) is 5.91 Å². The van der Waals surface area contributed by atoms with Crippen LogP contribution in [0.15, 0.2) is 48.2 Å². The number of rotatable bonds is 3. The topological polar surface area (TPSA) is 83.6 Å². The van der Waals surface area contributed by atoms with Gasteiger partial charge in [0.1, 0.15) is 11.3 Å². The maximum Gasteiger partial charge on any atom is 0.417 e. The number of hydrogen-bond acceptors (Lipinski definition) is 5. The van der Waals surface area contributed by atoms with Crippen LogP contribution in [0.25, 0.3) is 22.4 Å². The Bertz CT molecular complexity index is 1120. The Morgan fingerprint density at radius 2 is 2.04 bits per heavy atom. The number of pyridine rings is 1. The number of hydrogen-bond donors (Lipinski definition) is 2. The van der Waals surface area contributed by atoms with E-state index in [0.29, 0.717) is 10.6 Å². The third-order valence-corrected chi connectivity index (χ3v) is 4.48. The van der Waals surface area contributed by atoms with E-state index in [1.807, 2.05) is 0 Å². The molecule has 4 rings (SSSR count). The van der Waals surface area contributed by atoms with Gasteiger partial charge in [0, 0.05) is 29.5 Å². The molecule has 2 N–H and O–H groups in total. The largest absolute Gasteiger partial charge is 0.417 e. The third-order valence-electron chi connectivity index (χ3n) is 3.79. The highest BCUT2D eigenvalue weighted by molar-refractivity contribution is 7.13. The van der Waals surface area contributed by atoms with E-state index in [1.54, 1.807) is 29.8 Å². The molecule has 0 bridgehead atoms. The number of H-pyrrole nitrogens is 1. The number of halogens is 3. The lowest BCUT2D eigenvalue weighted by Crippen LogP contribution is -2.12. The number of alkyl halides is 3. The SMILES string of the molecule is O=C(Nc1nccs1)c1cccc2[nH]c(-c3cnccc3C(F)(F)F)nc12. The Morgan fingerprint density at radius 1 is 1.19 bits per heavy atom. The van der Waals surface area contributed by atoms with Crippen molar-refractivity contribution in [2.24, 2.45) is 0 Å². The molecule has 0 aliphatic heterocycles. The number of anilines is 1. The molecule has 0 spiro atoms. The highest BCUT2D eigenvalue weighted by Crippen LogP contribution is 2.36. The van der Waals surface area contributed by atoms with Crippen molar-refractivity contribution in [2.45, 2.75) is 6.18 Å². The minimum Gasteiger partial charge on any atom is -0.338 e. The molecule has 6 nitrogen and oxygen atoms in total. The molecule has 0 aliphatic carbocycles. The molecule has 0 aliphatic rings. The molecule has 27 heavy (non-hydrogen) atoms. The fourth-order valence-corrected chi connectivity index (χ4v) is 3.15. The van der Waals surface area contributed by atoms with Crippen LogP contribution in [0.1, 0.15) is 15.9 Å². The van der Waals surface area contributed by atoms with Gasteiger partial charge in [0.05, 0.1) is 16.6 Å². The van der Waals surface area contributed by atoms with Gasteiger partial charge < -0.3 is 4.98 Å². The molecular formula is C17H10F3N5OS. The summed E-state index contributed by atoms with van der Waals surface area (Å²) in [6.45, 7) is 0. The number of benzene rings is 1. The number of aromatic amines is 1. The van der Waals surface area contributed by atoms with Crippen LogP contribution in [0.5, 0.6) is 0 Å². The number of aromatic nitrogens is 4. The van der Waals surface area contributed by atoms with Crippen molar-refractivity contribution in [1.29, 1.82) is 0 Å². The summed E-state index contributed by atoms with van der Waals surface area (Å²) >= 11 is 1.25. The van der Waals surface area contributed by atoms with Crippen molar-refractivity contribution >= 4 is 33.4 Å². The molecule has 10 heteroatoms. The normalized spacial score (nSPS) is 11.7. The average molecular weight is 389 g/mol. The number of nitrogens with zero attached hydrogens (tertiary/aromatic N) is 3. The maximum atomic E-state index is 13.3. The standard InChI is InChI=1S/C17H10F3N5OS/c18-17(19,20)11-4-5-21-8-10(11)14-23-12-3-1-2-9(13(12)24-14)15(26)25-16-22-6-7-27-16/h1-8H,(H,23,24)(H,22,25,26). The zero-order chi connectivity index (χ0) is 19.0. The van der Waals surface area contributed by atoms with E-state index in [2.05, 4.69) is 25.3 Å². The molecule has 0 unspecified atom stereocenters. The number of carbonyl (C=O) groups is 1. The summed E-state index contributed by atoms with van der Waals surface area (Å²) in [4.78, 5) is 27.3. The first-order valence-electron chi connectivity index (χ1n) is 7.64. The minimum absolute atomic E-state index is 0.0140. The summed E-state index contributed by atoms with van der Waals surface area (Å²) in [5.74, 6) is -0.462. The summed E-state index contributed by atoms with van der Waals surface area (Å²) in [6.07, 6.45) is -0.839. The quantitative estimate of drug-likeness (QED) is 0.546. The first-order valence-corrected chi connectivity index (χ1v) is 8.52. The van der Waals surface area contributed by atoms with E-state index >= 15 is 0 Å². The Kier molecular flexibility index (Phi) is 4.11. The zero-order valence-electron chi connectivity index (χ0n) is 13.4. The molecule has 136 valence electrons. The van der Waals surface area contributed by atoms with Gasteiger partial charge in [-0.25, -0.2) is 9.97 Å². The molecule has 0 fully saturated rings. The van der Waals surface area contributed by atoms with Gasteiger partial charge in [-0.15, -0.1) is 11.3 Å². The van der Waals surface area contributed by atoms with Gasteiger partial charge in [-0.3, -0.25) is 15.1 Å². The summed E-state index contributed by atoms with van der Waals surface area (Å²) in [5.41, 5.74) is -0.118. The number of imidazole rings is 1. The number of thiazole rings is 1. The van der Waals surface area contributed by atoms with Crippen LogP contribution < -0.4 is 5.32 Å². The number of carbonyl (C=O) groups excluding carboxylic acids is 1. The maximum absolute atomic E-state index is 13.3. The predicted molar refractivity (Wildman–Crippen MR) is 94.4 cm³/mol. The number of para-hydroxylation sites is 1. The molecule has 0 radical (unpaired) electrons. The highest BCUT2D eigenvalue weighted by atomic mass is 32.1. The Morgan fingerprint density at radius 3 is 2.78 bits per heavy atom. The van der Waals surface area contributed by atoms with Crippen molar-refractivity contribution in [3.05, 3.63) is 59.4 Å². The average Bonchev–Trinajstić information content (AvgIpc) is 3.29. The molecule has 0 saturated heterocycles. The number of amides is 1. The summed E-state index contributed by atoms with van der Waals surface area (Å²) in [6, 6.07) is 5.69. The lowest BCUT2D eigenvalue weighted by Gasteiger charge is -2.09. The lowest BCUT2D eigenvalue weighted by molar-refractivity contribution is -0.137. The molecule has 1 aromatic carbocycles. The predicted octanol–water partition coefficient (Wildman–Crippen LogP) is 4.35. The van der Waals surface area contributed by atoms with E-state index in [-0.39, 0.29) is 22.5 Å². The van der Waals surface area contributed by atoms with E-state index < -0.39 is 17.6 Å². The van der Waals surface area contributed by atoms with Crippen molar-refractivity contribution in [1.82, 2.24) is 19.9 Å². The molecule has 3 aromatic heterocycles. The van der Waals surface area contributed by atoms with Crippen LogP contribution in [-0.2, 0) is 6.18 Å². The van der Waals surface area contributed by atoms with Gasteiger partial charge in [0.15, 0.2) is 5.13 Å². The van der Waals surface area contributed by atoms with Crippen molar-refractivity contribution in [2.75, 3.05) is 5.32 Å². The molecule has 1 amide bonds. The Labute approximate surface area is 154 Å². The smallest absolute Gasteiger partial charge is 0.338 e. The van der Waals surface area contributed by atoms with Gasteiger partial charge in [-0.2, -0.15) is 13.2 Å². The third kappa shape index (κ3) is 3.26. The van der Waals surface area contributed by atoms with Crippen LogP contribution in [0.4, 0.5) is 18.3 Å². The van der Waals surface area contributed by atoms with Gasteiger partial charge in [-0.05, 0) is 18.2 Å². The van der Waals surface area contributed by atoms with Crippen LogP contribution >= 0.6 is 11.3 Å². The van der Waals surface area contributed by atoms with Crippen LogP contribution in [-0.4, -0.2) is 25.8 Å². The van der Waals surface area contributed by atoms with Gasteiger partial charge >= 0.3 is 6.18 Å². The molecule has 0 saturated carbocycles. The molecule has 0 atom stereocenters. The summed E-state index contributed by atoms with van der Waals surface area (Å²) in [5, 5.41) is 4.77. The van der Waals surface area contributed by atoms with Crippen molar-refractivity contribution in [3.8, 4) is 11.4 Å². The fraction of sp³-hybridized carbons (Fsp3) is 0.0588. The molecule has 4 aromatic rings. The number of nitrogens with one attached hydrogen (secondary N) is 2. The Balaban J connectivity index is 1.79. The second-order valence-electron chi connectivity index (χ2n) is 5.50. The highest BCUT2D eigenvalue weighted by Gasteiger charge is 2.34. The zero-order valence-corrected chi connectivity index (χ0v) is 14.2. The van der Waals surface area contributed by atoms with Crippen LogP contribution in [0.2, 0.25) is 0 Å². The first-order chi connectivity index (χ1) is 12.9. The van der Waals surface area contributed by atoms with Crippen molar-refractivity contribution in [3.63, 3.8) is 0 Å². The Hall–Kier alpha value is -3.27. The molecule has 3 heterocycles. The van der Waals surface area contributed by atoms with Gasteiger partial charge in [-0.1, -0.05) is 6.07 Å². The van der Waals surface area contributed by atoms with Crippen LogP contribution in [0.3, 0.4) is 0 Å². The van der Waals surface area contributed by atoms with Gasteiger partial charge in [0.2, 0.25) is 0 Å². The van der Waals surface area contributed by atoms with E-state index in [9.17, 15) is 18.0 Å².